The lowest BCUT2D eigenvalue weighted by Crippen LogP contribution is -2.43. The maximum Gasteiger partial charge on any atom is 0.416 e. The molecule has 1 aliphatic rings. The number of benzene rings is 2. The van der Waals surface area contributed by atoms with Crippen LogP contribution in [0.4, 0.5) is 13.2 Å². The summed E-state index contributed by atoms with van der Waals surface area (Å²) >= 11 is 3.35. The summed E-state index contributed by atoms with van der Waals surface area (Å²) in [6, 6.07) is 12.2. The van der Waals surface area contributed by atoms with E-state index in [0.29, 0.717) is 24.2 Å². The van der Waals surface area contributed by atoms with Gasteiger partial charge in [0.25, 0.3) is 5.91 Å². The summed E-state index contributed by atoms with van der Waals surface area (Å²) in [5.41, 5.74) is 0.635. The first kappa shape index (κ1) is 19.9. The van der Waals surface area contributed by atoms with E-state index in [4.69, 9.17) is 4.74 Å². The van der Waals surface area contributed by atoms with Gasteiger partial charge in [0.2, 0.25) is 0 Å². The molecule has 1 aliphatic heterocycles. The van der Waals surface area contributed by atoms with Crippen molar-refractivity contribution in [3.63, 3.8) is 0 Å². The van der Waals surface area contributed by atoms with Crippen molar-refractivity contribution in [2.24, 2.45) is 0 Å². The van der Waals surface area contributed by atoms with Gasteiger partial charge in [-0.3, -0.25) is 4.79 Å². The lowest BCUT2D eigenvalue weighted by atomic mass is 10.1. The van der Waals surface area contributed by atoms with Crippen LogP contribution in [0.5, 0.6) is 0 Å². The zero-order valence-electron chi connectivity index (χ0n) is 14.5. The Morgan fingerprint density at radius 1 is 1.11 bits per heavy atom. The van der Waals surface area contributed by atoms with Crippen LogP contribution in [0.15, 0.2) is 53.0 Å². The minimum atomic E-state index is -4.34. The first-order valence-electron chi connectivity index (χ1n) is 8.65. The molecule has 3 rings (SSSR count). The molecular formula is C20H19BrF3NO2. The highest BCUT2D eigenvalue weighted by molar-refractivity contribution is 9.10. The molecule has 2 aromatic carbocycles. The number of nitrogens with zero attached hydrogens (tertiary/aromatic N) is 1. The van der Waals surface area contributed by atoms with Gasteiger partial charge < -0.3 is 9.64 Å². The van der Waals surface area contributed by atoms with Crippen LogP contribution in [-0.4, -0.2) is 30.0 Å². The Labute approximate surface area is 164 Å². The van der Waals surface area contributed by atoms with Gasteiger partial charge in [0, 0.05) is 23.1 Å². The van der Waals surface area contributed by atoms with Crippen LogP contribution in [0.2, 0.25) is 0 Å². The number of ether oxygens (including phenoxy) is 1. The molecule has 0 bridgehead atoms. The fourth-order valence-electron chi connectivity index (χ4n) is 3.04. The Morgan fingerprint density at radius 3 is 2.41 bits per heavy atom. The number of likely N-dealkylation sites (tertiary alicyclic amines) is 1. The molecule has 2 aromatic rings. The fourth-order valence-corrected chi connectivity index (χ4v) is 3.30. The molecule has 1 atom stereocenters. The molecule has 0 spiro atoms. The average molecular weight is 442 g/mol. The zero-order valence-corrected chi connectivity index (χ0v) is 16.1. The Hall–Kier alpha value is -1.86. The molecule has 0 aromatic heterocycles. The summed E-state index contributed by atoms with van der Waals surface area (Å²) in [7, 11) is 0. The Bertz CT molecular complexity index is 775. The van der Waals surface area contributed by atoms with E-state index in [-0.39, 0.29) is 18.6 Å². The molecular weight excluding hydrogens is 423 g/mol. The van der Waals surface area contributed by atoms with Crippen LogP contribution in [0, 0.1) is 0 Å². The quantitative estimate of drug-likeness (QED) is 0.644. The highest BCUT2D eigenvalue weighted by Gasteiger charge is 2.30. The van der Waals surface area contributed by atoms with Crippen LogP contribution >= 0.6 is 15.9 Å². The van der Waals surface area contributed by atoms with E-state index in [0.717, 1.165) is 29.4 Å². The van der Waals surface area contributed by atoms with Crippen molar-refractivity contribution in [2.75, 3.05) is 13.1 Å². The van der Waals surface area contributed by atoms with Crippen molar-refractivity contribution in [2.45, 2.75) is 31.7 Å². The monoisotopic (exact) mass is 441 g/mol. The van der Waals surface area contributed by atoms with E-state index < -0.39 is 11.7 Å². The van der Waals surface area contributed by atoms with Crippen LogP contribution in [0.1, 0.15) is 34.3 Å². The summed E-state index contributed by atoms with van der Waals surface area (Å²) in [5.74, 6) is -0.0367. The largest absolute Gasteiger partial charge is 0.416 e. The molecule has 0 N–H and O–H groups in total. The molecule has 3 nitrogen and oxygen atoms in total. The smallest absolute Gasteiger partial charge is 0.372 e. The molecule has 0 unspecified atom stereocenters. The van der Waals surface area contributed by atoms with Crippen molar-refractivity contribution in [3.05, 3.63) is 69.7 Å². The number of amides is 1. The molecule has 1 fully saturated rings. The number of alkyl halides is 3. The van der Waals surface area contributed by atoms with Crippen LogP contribution < -0.4 is 0 Å². The molecule has 7 heteroatoms. The van der Waals surface area contributed by atoms with Crippen LogP contribution in [-0.2, 0) is 17.5 Å². The van der Waals surface area contributed by atoms with Gasteiger partial charge in [-0.2, -0.15) is 13.2 Å². The molecule has 0 aliphatic carbocycles. The molecule has 0 radical (unpaired) electrons. The minimum absolute atomic E-state index is 0.0367. The van der Waals surface area contributed by atoms with Gasteiger partial charge in [-0.1, -0.05) is 28.1 Å². The summed E-state index contributed by atoms with van der Waals surface area (Å²) < 4.78 is 44.6. The standard InChI is InChI=1S/C20H19BrF3NO2/c21-17-9-5-15(6-10-17)19(26)25-11-1-2-18(12-25)27-13-14-3-7-16(8-4-14)20(22,23)24/h3-10,18H,1-2,11-13H2/t18-/m1/s1. The number of hydrogen-bond acceptors (Lipinski definition) is 2. The number of hydrogen-bond donors (Lipinski definition) is 0. The van der Waals surface area contributed by atoms with Crippen LogP contribution in [0.3, 0.4) is 0 Å². The lowest BCUT2D eigenvalue weighted by Gasteiger charge is -2.32. The predicted octanol–water partition coefficient (Wildman–Crippen LogP) is 5.29. The third kappa shape index (κ3) is 5.32. The van der Waals surface area contributed by atoms with Crippen LogP contribution in [0.25, 0.3) is 0 Å². The van der Waals surface area contributed by atoms with Crippen molar-refractivity contribution in [1.82, 2.24) is 4.90 Å². The Balaban J connectivity index is 1.55. The van der Waals surface area contributed by atoms with E-state index in [2.05, 4.69) is 15.9 Å². The molecule has 1 saturated heterocycles. The molecule has 144 valence electrons. The van der Waals surface area contributed by atoms with Crippen molar-refractivity contribution in [1.29, 1.82) is 0 Å². The third-order valence-electron chi connectivity index (χ3n) is 4.52. The Morgan fingerprint density at radius 2 is 1.78 bits per heavy atom. The predicted molar refractivity (Wildman–Crippen MR) is 99.3 cm³/mol. The van der Waals surface area contributed by atoms with E-state index in [1.807, 2.05) is 12.1 Å². The normalized spacial score (nSPS) is 17.8. The summed E-state index contributed by atoms with van der Waals surface area (Å²) in [4.78, 5) is 14.4. The molecule has 1 heterocycles. The topological polar surface area (TPSA) is 29.5 Å². The lowest BCUT2D eigenvalue weighted by molar-refractivity contribution is -0.137. The SMILES string of the molecule is O=C(c1ccc(Br)cc1)N1CCC[C@@H](OCc2ccc(C(F)(F)F)cc2)C1. The van der Waals surface area contributed by atoms with Crippen molar-refractivity contribution < 1.29 is 22.7 Å². The maximum atomic E-state index is 12.6. The highest BCUT2D eigenvalue weighted by atomic mass is 79.9. The second-order valence-corrected chi connectivity index (χ2v) is 7.44. The number of rotatable bonds is 4. The van der Waals surface area contributed by atoms with E-state index >= 15 is 0 Å². The van der Waals surface area contributed by atoms with E-state index in [1.165, 1.54) is 12.1 Å². The van der Waals surface area contributed by atoms with Gasteiger partial charge in [0.05, 0.1) is 18.3 Å². The van der Waals surface area contributed by atoms with Gasteiger partial charge >= 0.3 is 6.18 Å². The van der Waals surface area contributed by atoms with Gasteiger partial charge in [-0.25, -0.2) is 0 Å². The third-order valence-corrected chi connectivity index (χ3v) is 5.05. The first-order chi connectivity index (χ1) is 12.8. The van der Waals surface area contributed by atoms with Gasteiger partial charge in [-0.15, -0.1) is 0 Å². The highest BCUT2D eigenvalue weighted by Crippen LogP contribution is 2.29. The van der Waals surface area contributed by atoms with Gasteiger partial charge in [0.1, 0.15) is 0 Å². The molecule has 1 amide bonds. The number of halogens is 4. The molecule has 0 saturated carbocycles. The summed E-state index contributed by atoms with van der Waals surface area (Å²) in [6.07, 6.45) is -2.80. The second kappa shape index (κ2) is 8.44. The van der Waals surface area contributed by atoms with Crippen molar-refractivity contribution in [3.8, 4) is 0 Å². The van der Waals surface area contributed by atoms with E-state index in [9.17, 15) is 18.0 Å². The number of carbonyl (C=O) groups is 1. The molecule has 27 heavy (non-hydrogen) atoms. The van der Waals surface area contributed by atoms with Crippen molar-refractivity contribution >= 4 is 21.8 Å². The summed E-state index contributed by atoms with van der Waals surface area (Å²) in [6.45, 7) is 1.38. The summed E-state index contributed by atoms with van der Waals surface area (Å²) in [5, 5.41) is 0. The fraction of sp³-hybridized carbons (Fsp3) is 0.350. The van der Waals surface area contributed by atoms with E-state index in [1.54, 1.807) is 17.0 Å². The number of piperidine rings is 1. The maximum absolute atomic E-state index is 12.6. The zero-order chi connectivity index (χ0) is 19.4. The Kier molecular flexibility index (Phi) is 6.22. The minimum Gasteiger partial charge on any atom is -0.372 e. The average Bonchev–Trinajstić information content (AvgIpc) is 2.66. The first-order valence-corrected chi connectivity index (χ1v) is 9.45. The second-order valence-electron chi connectivity index (χ2n) is 6.53. The van der Waals surface area contributed by atoms with Gasteiger partial charge in [0.15, 0.2) is 0 Å². The van der Waals surface area contributed by atoms with Gasteiger partial charge in [-0.05, 0) is 54.8 Å². The number of carbonyl (C=O) groups excluding carboxylic acids is 1.